The molecule has 134 valence electrons. The molecule has 0 fully saturated rings. The molecule has 0 saturated carbocycles. The summed E-state index contributed by atoms with van der Waals surface area (Å²) in [6.07, 6.45) is 6.72. The lowest BCUT2D eigenvalue weighted by Gasteiger charge is -2.29. The van der Waals surface area contributed by atoms with E-state index in [9.17, 15) is 13.6 Å². The molecular weight excluding hydrogens is 336 g/mol. The third-order valence-corrected chi connectivity index (χ3v) is 4.97. The minimum atomic E-state index is -3.83. The summed E-state index contributed by atoms with van der Waals surface area (Å²) >= 11 is 0. The summed E-state index contributed by atoms with van der Waals surface area (Å²) < 4.78 is 29.1. The van der Waals surface area contributed by atoms with Crippen molar-refractivity contribution >= 4 is 15.7 Å². The molecule has 2 rings (SSSR count). The molecule has 5 nitrogen and oxygen atoms in total. The molecule has 0 spiro atoms. The first-order valence-corrected chi connectivity index (χ1v) is 9.41. The van der Waals surface area contributed by atoms with E-state index >= 15 is 0 Å². The molecule has 0 atom stereocenters. The van der Waals surface area contributed by atoms with Gasteiger partial charge in [0, 0.05) is 11.8 Å². The first-order chi connectivity index (χ1) is 11.5. The van der Waals surface area contributed by atoms with Crippen LogP contribution < -0.4 is 0 Å². The maximum atomic E-state index is 12.6. The van der Waals surface area contributed by atoms with Gasteiger partial charge in [-0.05, 0) is 58.9 Å². The second-order valence-electron chi connectivity index (χ2n) is 7.09. The Morgan fingerprint density at radius 3 is 2.24 bits per heavy atom. The number of nitrogens with zero attached hydrogens (tertiary/aromatic N) is 2. The Morgan fingerprint density at radius 1 is 1.08 bits per heavy atom. The highest BCUT2D eigenvalue weighted by atomic mass is 32.2. The van der Waals surface area contributed by atoms with Crippen molar-refractivity contribution in [2.24, 2.45) is 4.40 Å². The third kappa shape index (κ3) is 4.90. The molecule has 0 radical (unpaired) electrons. The molecule has 0 aliphatic heterocycles. The van der Waals surface area contributed by atoms with Crippen LogP contribution in [-0.4, -0.2) is 29.9 Å². The highest BCUT2D eigenvalue weighted by Crippen LogP contribution is 2.21. The van der Waals surface area contributed by atoms with Gasteiger partial charge in [-0.3, -0.25) is 10.3 Å². The fraction of sp³-hybridized carbons (Fsp3) is 0.316. The van der Waals surface area contributed by atoms with Crippen LogP contribution in [0.1, 0.15) is 33.3 Å². The summed E-state index contributed by atoms with van der Waals surface area (Å²) in [5.74, 6) is 0. The Balaban J connectivity index is 2.47. The van der Waals surface area contributed by atoms with E-state index in [4.69, 9.17) is 0 Å². The molecule has 0 bridgehead atoms. The average molecular weight is 360 g/mol. The van der Waals surface area contributed by atoms with E-state index in [1.807, 2.05) is 34.6 Å². The Morgan fingerprint density at radius 2 is 1.68 bits per heavy atom. The zero-order valence-electron chi connectivity index (χ0n) is 15.2. The van der Waals surface area contributed by atoms with Gasteiger partial charge in [-0.25, -0.2) is 0 Å². The van der Waals surface area contributed by atoms with Gasteiger partial charge in [0.15, 0.2) is 0 Å². The molecule has 0 amide bonds. The van der Waals surface area contributed by atoms with Gasteiger partial charge in [-0.2, -0.15) is 12.8 Å². The van der Waals surface area contributed by atoms with Gasteiger partial charge in [0.2, 0.25) is 0 Å². The van der Waals surface area contributed by atoms with E-state index in [0.717, 1.165) is 16.2 Å². The lowest BCUT2D eigenvalue weighted by Crippen LogP contribution is -2.35. The summed E-state index contributed by atoms with van der Waals surface area (Å²) in [4.78, 5) is 0.140. The number of aryl methyl sites for hydroxylation is 1. The molecular formula is C19H24N2O3S. The summed E-state index contributed by atoms with van der Waals surface area (Å²) in [6.45, 7) is 9.33. The number of allylic oxidation sites excluding steroid dienone is 5. The molecule has 0 aromatic heterocycles. The Labute approximate surface area is 149 Å². The Hall–Kier alpha value is -2.18. The zero-order valence-corrected chi connectivity index (χ0v) is 16.0. The van der Waals surface area contributed by atoms with Gasteiger partial charge in [0.25, 0.3) is 10.0 Å². The van der Waals surface area contributed by atoms with Gasteiger partial charge in [0.05, 0.1) is 16.1 Å². The quantitative estimate of drug-likeness (QED) is 0.827. The van der Waals surface area contributed by atoms with Crippen molar-refractivity contribution in [1.29, 1.82) is 0 Å². The van der Waals surface area contributed by atoms with E-state index < -0.39 is 15.6 Å². The van der Waals surface area contributed by atoms with Crippen molar-refractivity contribution in [1.82, 2.24) is 5.06 Å². The molecule has 1 aliphatic rings. The highest BCUT2D eigenvalue weighted by Gasteiger charge is 2.20. The maximum Gasteiger partial charge on any atom is 0.282 e. The summed E-state index contributed by atoms with van der Waals surface area (Å²) in [6, 6.07) is 6.55. The van der Waals surface area contributed by atoms with Gasteiger partial charge < -0.3 is 0 Å². The SMILES string of the molecule is CC1=CC(=C/N(O)C(C)(C)C)/C(=N/S(=O)(=O)c2ccc(C)cc2)C=C1. The lowest BCUT2D eigenvalue weighted by molar-refractivity contribution is -0.110. The van der Waals surface area contributed by atoms with Gasteiger partial charge in [0.1, 0.15) is 0 Å². The average Bonchev–Trinajstić information content (AvgIpc) is 2.49. The van der Waals surface area contributed by atoms with Crippen LogP contribution in [-0.2, 0) is 10.0 Å². The van der Waals surface area contributed by atoms with E-state index in [2.05, 4.69) is 4.40 Å². The van der Waals surface area contributed by atoms with Crippen LogP contribution in [0.4, 0.5) is 0 Å². The van der Waals surface area contributed by atoms with Crippen LogP contribution in [0.3, 0.4) is 0 Å². The van der Waals surface area contributed by atoms with Crippen LogP contribution in [0, 0.1) is 6.92 Å². The Bertz CT molecular complexity index is 868. The van der Waals surface area contributed by atoms with Gasteiger partial charge >= 0.3 is 0 Å². The van der Waals surface area contributed by atoms with E-state index in [0.29, 0.717) is 5.57 Å². The molecule has 6 heteroatoms. The molecule has 1 aromatic carbocycles. The summed E-state index contributed by atoms with van der Waals surface area (Å²) in [7, 11) is -3.83. The van der Waals surface area contributed by atoms with Crippen LogP contribution in [0.5, 0.6) is 0 Å². The van der Waals surface area contributed by atoms with Crippen molar-refractivity contribution < 1.29 is 13.6 Å². The first-order valence-electron chi connectivity index (χ1n) is 7.97. The number of benzene rings is 1. The van der Waals surface area contributed by atoms with Gasteiger partial charge in [-0.1, -0.05) is 29.3 Å². The predicted octanol–water partition coefficient (Wildman–Crippen LogP) is 4.01. The van der Waals surface area contributed by atoms with E-state index in [1.54, 1.807) is 42.5 Å². The predicted molar refractivity (Wildman–Crippen MR) is 100 cm³/mol. The second kappa shape index (κ2) is 6.98. The van der Waals surface area contributed by atoms with E-state index in [1.165, 1.54) is 6.20 Å². The summed E-state index contributed by atoms with van der Waals surface area (Å²) in [5, 5.41) is 11.2. The number of hydroxylamine groups is 2. The number of hydrogen-bond acceptors (Lipinski definition) is 4. The van der Waals surface area contributed by atoms with Gasteiger partial charge in [-0.15, -0.1) is 0 Å². The normalized spacial score (nSPS) is 18.6. The number of hydrogen-bond donors (Lipinski definition) is 1. The molecule has 1 aliphatic carbocycles. The number of sulfonamides is 1. The minimum absolute atomic E-state index is 0.140. The van der Waals surface area contributed by atoms with Crippen LogP contribution in [0.25, 0.3) is 0 Å². The molecule has 0 heterocycles. The molecule has 1 N–H and O–H groups in total. The topological polar surface area (TPSA) is 70.0 Å². The van der Waals surface area contributed by atoms with Crippen molar-refractivity contribution in [3.8, 4) is 0 Å². The second-order valence-corrected chi connectivity index (χ2v) is 8.69. The maximum absolute atomic E-state index is 12.6. The zero-order chi connectivity index (χ0) is 18.8. The first kappa shape index (κ1) is 19.1. The highest BCUT2D eigenvalue weighted by molar-refractivity contribution is 7.90. The van der Waals surface area contributed by atoms with Crippen molar-refractivity contribution in [3.63, 3.8) is 0 Å². The molecule has 0 saturated heterocycles. The van der Waals surface area contributed by atoms with Crippen molar-refractivity contribution in [3.05, 3.63) is 65.4 Å². The monoisotopic (exact) mass is 360 g/mol. The standard InChI is InChI=1S/C19H24N2O3S/c1-14-6-9-17(10-7-14)25(23,24)20-18-11-8-15(2)12-16(18)13-21(22)19(3,4)5/h6-13,22H,1-5H3/b16-13-,20-18+. The molecule has 1 aromatic rings. The largest absolute Gasteiger partial charge is 0.288 e. The van der Waals surface area contributed by atoms with Crippen molar-refractivity contribution in [2.45, 2.75) is 45.1 Å². The van der Waals surface area contributed by atoms with E-state index in [-0.39, 0.29) is 10.6 Å². The molecule has 25 heavy (non-hydrogen) atoms. The molecule has 0 unspecified atom stereocenters. The smallest absolute Gasteiger partial charge is 0.282 e. The third-order valence-electron chi connectivity index (χ3n) is 3.67. The Kier molecular flexibility index (Phi) is 5.34. The fourth-order valence-electron chi connectivity index (χ4n) is 2.08. The van der Waals surface area contributed by atoms with Crippen LogP contribution in [0.15, 0.2) is 69.1 Å². The van der Waals surface area contributed by atoms with Crippen molar-refractivity contribution in [2.75, 3.05) is 0 Å². The number of rotatable bonds is 3. The van der Waals surface area contributed by atoms with Crippen LogP contribution in [0.2, 0.25) is 0 Å². The summed E-state index contributed by atoms with van der Waals surface area (Å²) in [5.41, 5.74) is 2.23. The van der Waals surface area contributed by atoms with Crippen LogP contribution >= 0.6 is 0 Å². The fourth-order valence-corrected chi connectivity index (χ4v) is 3.09. The minimum Gasteiger partial charge on any atom is -0.288 e. The lowest BCUT2D eigenvalue weighted by atomic mass is 10.0.